The van der Waals surface area contributed by atoms with Crippen molar-refractivity contribution in [2.75, 3.05) is 13.2 Å². The molecule has 0 spiro atoms. The van der Waals surface area contributed by atoms with Crippen LogP contribution in [-0.4, -0.2) is 117 Å². The van der Waals surface area contributed by atoms with Gasteiger partial charge in [-0.1, -0.05) is 46.3 Å². The highest BCUT2D eigenvalue weighted by Crippen LogP contribution is 2.69. The first-order chi connectivity index (χ1) is 22.2. The third kappa shape index (κ3) is 6.91. The summed E-state index contributed by atoms with van der Waals surface area (Å²) in [6, 6.07) is 0. The maximum atomic E-state index is 12.5. The van der Waals surface area contributed by atoms with Crippen molar-refractivity contribution in [2.45, 2.75) is 141 Å². The molecule has 0 bridgehead atoms. The van der Waals surface area contributed by atoms with E-state index in [9.17, 15) is 44.2 Å². The molecule has 1 aliphatic heterocycles. The van der Waals surface area contributed by atoms with Crippen LogP contribution >= 0.6 is 0 Å². The number of hydrogen-bond donors (Lipinski definition) is 8. The number of fused-ring (bicyclic) bond motifs is 5. The Morgan fingerprint density at radius 1 is 0.958 bits per heavy atom. The highest BCUT2D eigenvalue weighted by atomic mass is 32.3. The average Bonchev–Trinajstić information content (AvgIpc) is 3.19. The van der Waals surface area contributed by atoms with Gasteiger partial charge in [0.05, 0.1) is 43.2 Å². The molecular formula is C34H58O13S. The monoisotopic (exact) mass is 706 g/mol. The van der Waals surface area contributed by atoms with Gasteiger partial charge in [0.25, 0.3) is 0 Å². The number of rotatable bonds is 10. The first-order valence-electron chi connectivity index (χ1n) is 17.6. The van der Waals surface area contributed by atoms with Gasteiger partial charge < -0.3 is 45.2 Å². The summed E-state index contributed by atoms with van der Waals surface area (Å²) in [7, 11) is -4.85. The van der Waals surface area contributed by atoms with Crippen LogP contribution in [-0.2, 0) is 24.1 Å². The van der Waals surface area contributed by atoms with E-state index in [1.165, 1.54) is 0 Å². The molecule has 1 saturated heterocycles. The third-order valence-electron chi connectivity index (χ3n) is 13.4. The van der Waals surface area contributed by atoms with Crippen LogP contribution in [0.4, 0.5) is 0 Å². The highest BCUT2D eigenvalue weighted by molar-refractivity contribution is 7.80. The van der Waals surface area contributed by atoms with Gasteiger partial charge in [0.2, 0.25) is 0 Å². The molecule has 4 aliphatic carbocycles. The molecule has 5 rings (SSSR count). The van der Waals surface area contributed by atoms with E-state index in [4.69, 9.17) is 14.0 Å². The quantitative estimate of drug-likeness (QED) is 0.119. The average molecular weight is 707 g/mol. The Morgan fingerprint density at radius 2 is 1.62 bits per heavy atom. The fraction of sp³-hybridized carbons (Fsp3) is 0.941. The molecule has 48 heavy (non-hydrogen) atoms. The van der Waals surface area contributed by atoms with Gasteiger partial charge in [-0.25, -0.2) is 4.18 Å². The second-order valence-corrected chi connectivity index (χ2v) is 17.5. The van der Waals surface area contributed by atoms with Crippen molar-refractivity contribution in [3.8, 4) is 0 Å². The lowest BCUT2D eigenvalue weighted by Gasteiger charge is -2.65. The molecule has 13 nitrogen and oxygen atoms in total. The fourth-order valence-corrected chi connectivity index (χ4v) is 11.6. The number of ether oxygens (including phenoxy) is 2. The molecule has 278 valence electrons. The molecular weight excluding hydrogens is 648 g/mol. The largest absolute Gasteiger partial charge is 0.397 e. The summed E-state index contributed by atoms with van der Waals surface area (Å²) < 4.78 is 46.2. The van der Waals surface area contributed by atoms with Crippen LogP contribution in [0.15, 0.2) is 11.6 Å². The Balaban J connectivity index is 1.24. The topological polar surface area (TPSA) is 224 Å². The number of aliphatic hydroxyl groups is 7. The predicted octanol–water partition coefficient (Wildman–Crippen LogP) is 1.31. The lowest BCUT2D eigenvalue weighted by atomic mass is 9.42. The summed E-state index contributed by atoms with van der Waals surface area (Å²) >= 11 is 0. The molecule has 0 aromatic carbocycles. The first-order valence-corrected chi connectivity index (χ1v) is 19.0. The summed E-state index contributed by atoms with van der Waals surface area (Å²) in [5, 5.41) is 78.1. The summed E-state index contributed by atoms with van der Waals surface area (Å²) in [6.45, 7) is 9.99. The molecule has 5 aliphatic rings. The van der Waals surface area contributed by atoms with Crippen molar-refractivity contribution in [1.82, 2.24) is 0 Å². The number of hydrogen-bond acceptors (Lipinski definition) is 12. The molecule has 8 N–H and O–H groups in total. The number of aliphatic hydroxyl groups excluding tert-OH is 6. The Labute approximate surface area is 284 Å². The molecule has 0 aromatic heterocycles. The smallest absolute Gasteiger partial charge is 0.393 e. The molecule has 0 radical (unpaired) electrons. The van der Waals surface area contributed by atoms with E-state index in [0.717, 1.165) is 18.4 Å². The maximum Gasteiger partial charge on any atom is 0.397 e. The molecule has 3 unspecified atom stereocenters. The van der Waals surface area contributed by atoms with Gasteiger partial charge in [-0.3, -0.25) is 4.55 Å². The summed E-state index contributed by atoms with van der Waals surface area (Å²) in [4.78, 5) is 0. The number of allylic oxidation sites excluding steroid dienone is 1. The van der Waals surface area contributed by atoms with Crippen LogP contribution in [0.3, 0.4) is 0 Å². The zero-order valence-electron chi connectivity index (χ0n) is 28.8. The van der Waals surface area contributed by atoms with E-state index in [1.54, 1.807) is 0 Å². The van der Waals surface area contributed by atoms with E-state index in [1.807, 2.05) is 19.9 Å². The molecule has 4 saturated carbocycles. The lowest BCUT2D eigenvalue weighted by Crippen LogP contribution is -2.68. The minimum atomic E-state index is -4.85. The maximum absolute atomic E-state index is 12.5. The van der Waals surface area contributed by atoms with Crippen molar-refractivity contribution in [3.63, 3.8) is 0 Å². The lowest BCUT2D eigenvalue weighted by molar-refractivity contribution is -0.264. The van der Waals surface area contributed by atoms with Gasteiger partial charge in [-0.05, 0) is 85.4 Å². The molecule has 16 atom stereocenters. The summed E-state index contributed by atoms with van der Waals surface area (Å²) in [6.07, 6.45) is -2.77. The van der Waals surface area contributed by atoms with Crippen LogP contribution in [0, 0.1) is 46.3 Å². The molecule has 1 heterocycles. The van der Waals surface area contributed by atoms with Crippen molar-refractivity contribution in [2.24, 2.45) is 46.3 Å². The van der Waals surface area contributed by atoms with Crippen molar-refractivity contribution < 1.29 is 62.4 Å². The molecule has 0 amide bonds. The summed E-state index contributed by atoms with van der Waals surface area (Å²) in [5.74, 6) is -1.03. The Kier molecular flexibility index (Phi) is 11.2. The van der Waals surface area contributed by atoms with E-state index in [2.05, 4.69) is 25.0 Å². The Bertz CT molecular complexity index is 1280. The van der Waals surface area contributed by atoms with Crippen molar-refractivity contribution >= 4 is 10.4 Å². The standard InChI is InChI=1S/C34H58O13S/c1-17(2)19(10-13-45-31-29(40)26(37)23(16-46-31)47-48(42,43)44)7-6-18(3)25-27(38)28(39)30-33(25,5)12-9-24-32(4)11-8-20(35)14-21(32)22(36)15-34(24,30)41/h10,17-18,20-31,35-41H,6-9,11-16H2,1-5H3,(H,42,43,44)/b19-10-/t18-,20+,21?,22+,23-,24?,25+,26+,27-,28-,29-,30?,31-,32+,33-,34+/m1/s1. The molecule has 14 heteroatoms. The zero-order chi connectivity index (χ0) is 35.6. The van der Waals surface area contributed by atoms with Crippen LogP contribution < -0.4 is 0 Å². The van der Waals surface area contributed by atoms with Gasteiger partial charge >= 0.3 is 10.4 Å². The van der Waals surface area contributed by atoms with E-state index in [-0.39, 0.29) is 48.0 Å². The van der Waals surface area contributed by atoms with Gasteiger partial charge in [0, 0.05) is 12.3 Å². The molecule has 5 fully saturated rings. The Morgan fingerprint density at radius 3 is 2.27 bits per heavy atom. The van der Waals surface area contributed by atoms with Crippen LogP contribution in [0.2, 0.25) is 0 Å². The van der Waals surface area contributed by atoms with E-state index in [0.29, 0.717) is 32.1 Å². The van der Waals surface area contributed by atoms with Crippen LogP contribution in [0.5, 0.6) is 0 Å². The summed E-state index contributed by atoms with van der Waals surface area (Å²) in [5.41, 5.74) is -1.21. The van der Waals surface area contributed by atoms with Gasteiger partial charge in [-0.15, -0.1) is 0 Å². The van der Waals surface area contributed by atoms with Gasteiger partial charge in [0.15, 0.2) is 6.29 Å². The minimum Gasteiger partial charge on any atom is -0.393 e. The van der Waals surface area contributed by atoms with Crippen LogP contribution in [0.1, 0.15) is 86.0 Å². The SMILES string of the molecule is CC(C)/C(=C\CO[C@@H]1OC[C@@H](OS(=O)(=O)O)[C@H](O)[C@H]1O)CC[C@@H](C)[C@H]1[C@@H](O)[C@@H](O)C2[C@]3(O)C[C@H](O)C4C[C@@H](O)CC[C@]4(C)C3CC[C@@]21C. The van der Waals surface area contributed by atoms with Crippen molar-refractivity contribution in [3.05, 3.63) is 11.6 Å². The van der Waals surface area contributed by atoms with E-state index < -0.39 is 83.0 Å². The minimum absolute atomic E-state index is 0.0204. The fourth-order valence-electron chi connectivity index (χ4n) is 11.1. The van der Waals surface area contributed by atoms with E-state index >= 15 is 0 Å². The van der Waals surface area contributed by atoms with Crippen molar-refractivity contribution in [1.29, 1.82) is 0 Å². The highest BCUT2D eigenvalue weighted by Gasteiger charge is 2.72. The Hall–Kier alpha value is -0.750. The van der Waals surface area contributed by atoms with Gasteiger partial charge in [-0.2, -0.15) is 8.42 Å². The van der Waals surface area contributed by atoms with Crippen LogP contribution in [0.25, 0.3) is 0 Å². The third-order valence-corrected chi connectivity index (χ3v) is 13.8. The predicted molar refractivity (Wildman–Crippen MR) is 172 cm³/mol. The van der Waals surface area contributed by atoms with Gasteiger partial charge in [0.1, 0.15) is 18.3 Å². The second kappa shape index (κ2) is 14.0. The first kappa shape index (κ1) is 38.5. The zero-order valence-corrected chi connectivity index (χ0v) is 29.6. The second-order valence-electron chi connectivity index (χ2n) is 16.4. The normalized spacial score (nSPS) is 48.9. The molecule has 0 aromatic rings.